The molecule has 1 fully saturated rings. The zero-order chi connectivity index (χ0) is 15.2. The maximum Gasteiger partial charge on any atom is 0.0406 e. The lowest BCUT2D eigenvalue weighted by Gasteiger charge is -2.32. The lowest BCUT2D eigenvalue weighted by Crippen LogP contribution is -2.41. The molecule has 1 N–H and O–H groups in total. The normalized spacial score (nSPS) is 15.4. The van der Waals surface area contributed by atoms with Crippen LogP contribution in [0.4, 0.5) is 0 Å². The smallest absolute Gasteiger partial charge is 0.0406 e. The molecule has 132 valence electrons. The van der Waals surface area contributed by atoms with E-state index in [9.17, 15) is 0 Å². The Bertz CT molecular complexity index is 567. The van der Waals surface area contributed by atoms with Gasteiger partial charge in [-0.3, -0.25) is 4.90 Å². The van der Waals surface area contributed by atoms with E-state index >= 15 is 0 Å². The summed E-state index contributed by atoms with van der Waals surface area (Å²) in [5.74, 6) is 0. The molecule has 0 bridgehead atoms. The third-order valence-corrected chi connectivity index (χ3v) is 4.60. The number of hydrogen-bond acceptors (Lipinski definition) is 2. The third-order valence-electron chi connectivity index (χ3n) is 4.34. The van der Waals surface area contributed by atoms with Gasteiger partial charge < -0.3 is 5.32 Å². The molecule has 5 heteroatoms. The zero-order valence-corrected chi connectivity index (χ0v) is 16.0. The minimum Gasteiger partial charge on any atom is -0.310 e. The van der Waals surface area contributed by atoms with E-state index in [0.29, 0.717) is 6.04 Å². The van der Waals surface area contributed by atoms with Crippen LogP contribution in [0, 0.1) is 0 Å². The Morgan fingerprint density at radius 2 is 1.50 bits per heavy atom. The number of nitrogens with one attached hydrogen (secondary N) is 1. The summed E-state index contributed by atoms with van der Waals surface area (Å²) in [6.07, 6.45) is 2.45. The lowest BCUT2D eigenvalue weighted by molar-refractivity contribution is 0.190. The highest BCUT2D eigenvalue weighted by Gasteiger charge is 2.18. The Labute approximate surface area is 162 Å². The SMILES string of the molecule is Cl.Cl.Clc1ccc(CNC2CCN(Cc3ccccc3)CC2)cc1. The first-order valence-electron chi connectivity index (χ1n) is 8.04. The summed E-state index contributed by atoms with van der Waals surface area (Å²) in [6.45, 7) is 4.35. The monoisotopic (exact) mass is 386 g/mol. The van der Waals surface area contributed by atoms with E-state index in [1.165, 1.54) is 37.1 Å². The summed E-state index contributed by atoms with van der Waals surface area (Å²) in [7, 11) is 0. The minimum atomic E-state index is 0. The van der Waals surface area contributed by atoms with Gasteiger partial charge in [0.05, 0.1) is 0 Å². The molecule has 24 heavy (non-hydrogen) atoms. The average molecular weight is 388 g/mol. The van der Waals surface area contributed by atoms with Crippen LogP contribution >= 0.6 is 36.4 Å². The summed E-state index contributed by atoms with van der Waals surface area (Å²) in [5.41, 5.74) is 2.71. The van der Waals surface area contributed by atoms with E-state index in [0.717, 1.165) is 18.1 Å². The van der Waals surface area contributed by atoms with Crippen molar-refractivity contribution in [1.82, 2.24) is 10.2 Å². The molecule has 3 rings (SSSR count). The Hall–Kier alpha value is -0.770. The largest absolute Gasteiger partial charge is 0.310 e. The van der Waals surface area contributed by atoms with Crippen LogP contribution in [-0.4, -0.2) is 24.0 Å². The molecule has 2 aromatic rings. The lowest BCUT2D eigenvalue weighted by atomic mass is 10.0. The van der Waals surface area contributed by atoms with E-state index in [4.69, 9.17) is 11.6 Å². The number of hydrogen-bond donors (Lipinski definition) is 1. The Kier molecular flexibility index (Phi) is 9.72. The first kappa shape index (κ1) is 21.3. The quantitative estimate of drug-likeness (QED) is 0.782. The second-order valence-corrected chi connectivity index (χ2v) is 6.48. The number of halogens is 3. The van der Waals surface area contributed by atoms with E-state index in [1.54, 1.807) is 0 Å². The fourth-order valence-electron chi connectivity index (χ4n) is 3.00. The maximum absolute atomic E-state index is 5.92. The van der Waals surface area contributed by atoms with Gasteiger partial charge in [0.25, 0.3) is 0 Å². The van der Waals surface area contributed by atoms with Crippen molar-refractivity contribution in [1.29, 1.82) is 0 Å². The molecule has 0 aliphatic carbocycles. The highest BCUT2D eigenvalue weighted by atomic mass is 35.5. The first-order chi connectivity index (χ1) is 10.8. The molecule has 0 saturated carbocycles. The molecule has 1 aliphatic rings. The van der Waals surface area contributed by atoms with Gasteiger partial charge in [0.15, 0.2) is 0 Å². The maximum atomic E-state index is 5.92. The van der Waals surface area contributed by atoms with Gasteiger partial charge in [0.1, 0.15) is 0 Å². The predicted molar refractivity (Wildman–Crippen MR) is 108 cm³/mol. The second kappa shape index (κ2) is 11.0. The van der Waals surface area contributed by atoms with Gasteiger partial charge in [-0.1, -0.05) is 54.1 Å². The predicted octanol–water partition coefficient (Wildman–Crippen LogP) is 4.94. The summed E-state index contributed by atoms with van der Waals surface area (Å²) in [4.78, 5) is 2.55. The summed E-state index contributed by atoms with van der Waals surface area (Å²) in [5, 5.41) is 4.48. The number of likely N-dealkylation sites (tertiary alicyclic amines) is 1. The van der Waals surface area contributed by atoms with Gasteiger partial charge in [-0.05, 0) is 49.2 Å². The van der Waals surface area contributed by atoms with Crippen LogP contribution in [0.2, 0.25) is 5.02 Å². The van der Waals surface area contributed by atoms with E-state index in [1.807, 2.05) is 12.1 Å². The molecule has 0 amide bonds. The summed E-state index contributed by atoms with van der Waals surface area (Å²) in [6, 6.07) is 19.5. The molecular weight excluding hydrogens is 363 g/mol. The standard InChI is InChI=1S/C19H23ClN2.2ClH/c20-18-8-6-16(7-9-18)14-21-19-10-12-22(13-11-19)15-17-4-2-1-3-5-17;;/h1-9,19,21H,10-15H2;2*1H. The fourth-order valence-corrected chi connectivity index (χ4v) is 3.13. The second-order valence-electron chi connectivity index (χ2n) is 6.04. The van der Waals surface area contributed by atoms with Crippen molar-refractivity contribution in [3.8, 4) is 0 Å². The van der Waals surface area contributed by atoms with Gasteiger partial charge in [0.2, 0.25) is 0 Å². The van der Waals surface area contributed by atoms with Crippen molar-refractivity contribution in [3.05, 3.63) is 70.7 Å². The molecule has 2 aromatic carbocycles. The molecule has 0 radical (unpaired) electrons. The average Bonchev–Trinajstić information content (AvgIpc) is 2.57. The Morgan fingerprint density at radius 3 is 2.12 bits per heavy atom. The van der Waals surface area contributed by atoms with Crippen molar-refractivity contribution in [2.24, 2.45) is 0 Å². The van der Waals surface area contributed by atoms with Gasteiger partial charge in [-0.2, -0.15) is 0 Å². The molecule has 0 atom stereocenters. The van der Waals surface area contributed by atoms with Crippen molar-refractivity contribution in [3.63, 3.8) is 0 Å². The fraction of sp³-hybridized carbons (Fsp3) is 0.368. The van der Waals surface area contributed by atoms with Gasteiger partial charge in [-0.15, -0.1) is 24.8 Å². The van der Waals surface area contributed by atoms with Crippen LogP contribution in [0.15, 0.2) is 54.6 Å². The van der Waals surface area contributed by atoms with E-state index in [-0.39, 0.29) is 24.8 Å². The number of nitrogens with zero attached hydrogens (tertiary/aromatic N) is 1. The number of rotatable bonds is 5. The van der Waals surface area contributed by atoms with Crippen LogP contribution in [0.3, 0.4) is 0 Å². The number of benzene rings is 2. The van der Waals surface area contributed by atoms with Crippen LogP contribution in [0.25, 0.3) is 0 Å². The molecule has 1 saturated heterocycles. The molecule has 0 spiro atoms. The van der Waals surface area contributed by atoms with Crippen molar-refractivity contribution in [2.45, 2.75) is 32.0 Å². The van der Waals surface area contributed by atoms with Crippen LogP contribution in [0.5, 0.6) is 0 Å². The molecule has 0 aromatic heterocycles. The van der Waals surface area contributed by atoms with Crippen LogP contribution < -0.4 is 5.32 Å². The molecular formula is C19H25Cl3N2. The van der Waals surface area contributed by atoms with Crippen molar-refractivity contribution < 1.29 is 0 Å². The minimum absolute atomic E-state index is 0. The Balaban J connectivity index is 0.00000144. The van der Waals surface area contributed by atoms with Crippen LogP contribution in [0.1, 0.15) is 24.0 Å². The molecule has 1 aliphatic heterocycles. The third kappa shape index (κ3) is 6.62. The van der Waals surface area contributed by atoms with E-state index in [2.05, 4.69) is 52.7 Å². The Morgan fingerprint density at radius 1 is 0.875 bits per heavy atom. The highest BCUT2D eigenvalue weighted by molar-refractivity contribution is 6.30. The first-order valence-corrected chi connectivity index (χ1v) is 8.41. The zero-order valence-electron chi connectivity index (χ0n) is 13.7. The van der Waals surface area contributed by atoms with Crippen molar-refractivity contribution >= 4 is 36.4 Å². The summed E-state index contributed by atoms with van der Waals surface area (Å²) < 4.78 is 0. The van der Waals surface area contributed by atoms with Crippen molar-refractivity contribution in [2.75, 3.05) is 13.1 Å². The summed E-state index contributed by atoms with van der Waals surface area (Å²) >= 11 is 5.92. The molecule has 2 nitrogen and oxygen atoms in total. The molecule has 0 unspecified atom stereocenters. The topological polar surface area (TPSA) is 15.3 Å². The molecule has 1 heterocycles. The van der Waals surface area contributed by atoms with Crippen LogP contribution in [-0.2, 0) is 13.1 Å². The van der Waals surface area contributed by atoms with E-state index < -0.39 is 0 Å². The van der Waals surface area contributed by atoms with Gasteiger partial charge in [0, 0.05) is 24.2 Å². The number of piperidine rings is 1. The van der Waals surface area contributed by atoms with Gasteiger partial charge >= 0.3 is 0 Å². The highest BCUT2D eigenvalue weighted by Crippen LogP contribution is 2.15. The van der Waals surface area contributed by atoms with Gasteiger partial charge in [-0.25, -0.2) is 0 Å².